The first-order valence-corrected chi connectivity index (χ1v) is 7.11. The first-order chi connectivity index (χ1) is 8.52. The second-order valence-corrected chi connectivity index (χ2v) is 6.31. The Labute approximate surface area is 111 Å². The van der Waals surface area contributed by atoms with Gasteiger partial charge < -0.3 is 10.2 Å². The summed E-state index contributed by atoms with van der Waals surface area (Å²) in [6.07, 6.45) is 2.52. The number of aryl methyl sites for hydroxylation is 1. The minimum Gasteiger partial charge on any atom is -0.383 e. The van der Waals surface area contributed by atoms with Crippen molar-refractivity contribution in [1.82, 2.24) is 0 Å². The van der Waals surface area contributed by atoms with Crippen molar-refractivity contribution < 1.29 is 0 Å². The Morgan fingerprint density at radius 2 is 2.11 bits per heavy atom. The monoisotopic (exact) mass is 246 g/mol. The minimum absolute atomic E-state index is 0.320. The normalized spacial score (nSPS) is 17.9. The predicted octanol–water partition coefficient (Wildman–Crippen LogP) is 4.05. The van der Waals surface area contributed by atoms with E-state index in [1.807, 2.05) is 0 Å². The van der Waals surface area contributed by atoms with Crippen molar-refractivity contribution in [2.75, 3.05) is 29.9 Å². The fourth-order valence-corrected chi connectivity index (χ4v) is 2.61. The quantitative estimate of drug-likeness (QED) is 0.865. The summed E-state index contributed by atoms with van der Waals surface area (Å²) in [5, 5.41) is 3.62. The zero-order valence-corrected chi connectivity index (χ0v) is 12.2. The van der Waals surface area contributed by atoms with Gasteiger partial charge in [-0.3, -0.25) is 0 Å². The third-order valence-electron chi connectivity index (χ3n) is 3.65. The van der Waals surface area contributed by atoms with E-state index in [1.165, 1.54) is 29.8 Å². The maximum Gasteiger partial charge on any atom is 0.0602 e. The molecule has 0 amide bonds. The standard InChI is InChI=1S/C16H26N2/c1-5-6-9-18-12-16(3,4)11-17-14-10-13(2)7-8-15(14)18/h7-8,10,17H,5-6,9,11-12H2,1-4H3. The van der Waals surface area contributed by atoms with Gasteiger partial charge in [-0.1, -0.05) is 33.3 Å². The number of unbranched alkanes of at least 4 members (excludes halogenated alkanes) is 1. The molecule has 1 aromatic carbocycles. The van der Waals surface area contributed by atoms with Gasteiger partial charge in [-0.2, -0.15) is 0 Å². The zero-order chi connectivity index (χ0) is 13.2. The average Bonchev–Trinajstić information content (AvgIpc) is 2.44. The van der Waals surface area contributed by atoms with Crippen LogP contribution in [0.15, 0.2) is 18.2 Å². The van der Waals surface area contributed by atoms with E-state index in [1.54, 1.807) is 0 Å². The minimum atomic E-state index is 0.320. The molecular formula is C16H26N2. The van der Waals surface area contributed by atoms with Gasteiger partial charge in [0.2, 0.25) is 0 Å². The van der Waals surface area contributed by atoms with Gasteiger partial charge in [0.05, 0.1) is 11.4 Å². The third-order valence-corrected chi connectivity index (χ3v) is 3.65. The van der Waals surface area contributed by atoms with Crippen molar-refractivity contribution in [2.45, 2.75) is 40.5 Å². The molecule has 0 unspecified atom stereocenters. The van der Waals surface area contributed by atoms with Crippen LogP contribution in [0.4, 0.5) is 11.4 Å². The van der Waals surface area contributed by atoms with E-state index in [0.29, 0.717) is 5.41 Å². The van der Waals surface area contributed by atoms with Crippen molar-refractivity contribution in [3.05, 3.63) is 23.8 Å². The second-order valence-electron chi connectivity index (χ2n) is 6.31. The summed E-state index contributed by atoms with van der Waals surface area (Å²) in [7, 11) is 0. The van der Waals surface area contributed by atoms with Crippen LogP contribution in [0.25, 0.3) is 0 Å². The zero-order valence-electron chi connectivity index (χ0n) is 12.2. The van der Waals surface area contributed by atoms with Crippen molar-refractivity contribution in [1.29, 1.82) is 0 Å². The van der Waals surface area contributed by atoms with Gasteiger partial charge in [0.1, 0.15) is 0 Å². The molecule has 2 nitrogen and oxygen atoms in total. The van der Waals surface area contributed by atoms with E-state index < -0.39 is 0 Å². The summed E-state index contributed by atoms with van der Waals surface area (Å²) in [5.74, 6) is 0. The summed E-state index contributed by atoms with van der Waals surface area (Å²) in [6.45, 7) is 12.5. The van der Waals surface area contributed by atoms with Crippen LogP contribution in [0.3, 0.4) is 0 Å². The lowest BCUT2D eigenvalue weighted by Crippen LogP contribution is -2.36. The summed E-state index contributed by atoms with van der Waals surface area (Å²) < 4.78 is 0. The van der Waals surface area contributed by atoms with Gasteiger partial charge in [-0.05, 0) is 36.5 Å². The molecule has 0 saturated heterocycles. The summed E-state index contributed by atoms with van der Waals surface area (Å²) in [6, 6.07) is 6.77. The lowest BCUT2D eigenvalue weighted by atomic mass is 9.93. The fourth-order valence-electron chi connectivity index (χ4n) is 2.61. The maximum absolute atomic E-state index is 3.62. The molecule has 0 aromatic heterocycles. The highest BCUT2D eigenvalue weighted by Gasteiger charge is 2.26. The van der Waals surface area contributed by atoms with Crippen LogP contribution in [0.1, 0.15) is 39.2 Å². The topological polar surface area (TPSA) is 15.3 Å². The Hall–Kier alpha value is -1.18. The summed E-state index contributed by atoms with van der Waals surface area (Å²) in [5.41, 5.74) is 4.33. The molecule has 100 valence electrons. The van der Waals surface area contributed by atoms with Gasteiger partial charge >= 0.3 is 0 Å². The number of nitrogens with one attached hydrogen (secondary N) is 1. The molecule has 0 spiro atoms. The van der Waals surface area contributed by atoms with Crippen LogP contribution in [-0.2, 0) is 0 Å². The molecule has 1 aromatic rings. The molecule has 1 aliphatic heterocycles. The Kier molecular flexibility index (Phi) is 3.84. The number of hydrogen-bond acceptors (Lipinski definition) is 2. The Morgan fingerprint density at radius 3 is 2.83 bits per heavy atom. The van der Waals surface area contributed by atoms with Gasteiger partial charge in [0.25, 0.3) is 0 Å². The van der Waals surface area contributed by atoms with Crippen LogP contribution >= 0.6 is 0 Å². The molecule has 2 heteroatoms. The van der Waals surface area contributed by atoms with Crippen LogP contribution in [-0.4, -0.2) is 19.6 Å². The van der Waals surface area contributed by atoms with E-state index in [4.69, 9.17) is 0 Å². The number of fused-ring (bicyclic) bond motifs is 1. The number of hydrogen-bond donors (Lipinski definition) is 1. The van der Waals surface area contributed by atoms with Crippen LogP contribution in [0.2, 0.25) is 0 Å². The number of anilines is 2. The van der Waals surface area contributed by atoms with Gasteiger partial charge in [-0.15, -0.1) is 0 Å². The lowest BCUT2D eigenvalue weighted by molar-refractivity contribution is 0.394. The molecule has 0 fully saturated rings. The summed E-state index contributed by atoms with van der Waals surface area (Å²) >= 11 is 0. The first kappa shape index (κ1) is 13.3. The van der Waals surface area contributed by atoms with E-state index >= 15 is 0 Å². The smallest absolute Gasteiger partial charge is 0.0602 e. The Bertz CT molecular complexity index is 410. The summed E-state index contributed by atoms with van der Waals surface area (Å²) in [4.78, 5) is 2.55. The van der Waals surface area contributed by atoms with Gasteiger partial charge in [0.15, 0.2) is 0 Å². The van der Waals surface area contributed by atoms with Crippen molar-refractivity contribution in [3.8, 4) is 0 Å². The van der Waals surface area contributed by atoms with Crippen LogP contribution in [0, 0.1) is 12.3 Å². The SMILES string of the molecule is CCCCN1CC(C)(C)CNc2cc(C)ccc21. The van der Waals surface area contributed by atoms with E-state index in [2.05, 4.69) is 56.1 Å². The van der Waals surface area contributed by atoms with E-state index in [0.717, 1.165) is 19.6 Å². The molecule has 1 aliphatic rings. The van der Waals surface area contributed by atoms with E-state index in [9.17, 15) is 0 Å². The largest absolute Gasteiger partial charge is 0.383 e. The molecule has 1 N–H and O–H groups in total. The van der Waals surface area contributed by atoms with Gasteiger partial charge in [0, 0.05) is 19.6 Å². The van der Waals surface area contributed by atoms with Gasteiger partial charge in [-0.25, -0.2) is 0 Å². The highest BCUT2D eigenvalue weighted by molar-refractivity contribution is 5.72. The second kappa shape index (κ2) is 5.21. The molecule has 0 atom stereocenters. The Morgan fingerprint density at radius 1 is 1.33 bits per heavy atom. The molecule has 0 aliphatic carbocycles. The third kappa shape index (κ3) is 2.98. The molecule has 18 heavy (non-hydrogen) atoms. The van der Waals surface area contributed by atoms with E-state index in [-0.39, 0.29) is 0 Å². The maximum atomic E-state index is 3.62. The first-order valence-electron chi connectivity index (χ1n) is 7.11. The van der Waals surface area contributed by atoms with Crippen molar-refractivity contribution in [3.63, 3.8) is 0 Å². The highest BCUT2D eigenvalue weighted by atomic mass is 15.2. The number of benzene rings is 1. The predicted molar refractivity (Wildman–Crippen MR) is 80.6 cm³/mol. The van der Waals surface area contributed by atoms with Crippen LogP contribution < -0.4 is 10.2 Å². The highest BCUT2D eigenvalue weighted by Crippen LogP contribution is 2.34. The fraction of sp³-hybridized carbons (Fsp3) is 0.625. The number of nitrogens with zero attached hydrogens (tertiary/aromatic N) is 1. The molecule has 1 heterocycles. The molecule has 0 saturated carbocycles. The van der Waals surface area contributed by atoms with Crippen molar-refractivity contribution in [2.24, 2.45) is 5.41 Å². The molecule has 2 rings (SSSR count). The number of rotatable bonds is 3. The molecule has 0 radical (unpaired) electrons. The molecular weight excluding hydrogens is 220 g/mol. The average molecular weight is 246 g/mol. The van der Waals surface area contributed by atoms with Crippen LogP contribution in [0.5, 0.6) is 0 Å². The molecule has 0 bridgehead atoms. The lowest BCUT2D eigenvalue weighted by Gasteiger charge is -2.31. The Balaban J connectivity index is 2.30. The van der Waals surface area contributed by atoms with Crippen molar-refractivity contribution >= 4 is 11.4 Å².